The van der Waals surface area contributed by atoms with E-state index >= 15 is 4.39 Å². The lowest BCUT2D eigenvalue weighted by Gasteiger charge is -2.55. The number of halogens is 2. The summed E-state index contributed by atoms with van der Waals surface area (Å²) < 4.78 is 50.6. The van der Waals surface area contributed by atoms with Gasteiger partial charge in [-0.3, -0.25) is 9.80 Å². The predicted molar refractivity (Wildman–Crippen MR) is 187 cm³/mol. The van der Waals surface area contributed by atoms with E-state index in [1.807, 2.05) is 75.4 Å². The van der Waals surface area contributed by atoms with Gasteiger partial charge in [0.05, 0.1) is 32.4 Å². The Morgan fingerprint density at radius 2 is 1.87 bits per heavy atom. The Bertz CT molecular complexity index is 1860. The Morgan fingerprint density at radius 1 is 1.10 bits per heavy atom. The van der Waals surface area contributed by atoms with E-state index in [2.05, 4.69) is 25.6 Å². The highest BCUT2D eigenvalue weighted by atomic mass is 19.1. The quantitative estimate of drug-likeness (QED) is 0.222. The van der Waals surface area contributed by atoms with Gasteiger partial charge in [0.1, 0.15) is 54.4 Å². The number of ether oxygens (including phenoxy) is 3. The minimum Gasteiger partial charge on any atom is -0.496 e. The molecule has 3 aliphatic heterocycles. The smallest absolute Gasteiger partial charge is 0.319 e. The molecule has 0 radical (unpaired) electrons. The summed E-state index contributed by atoms with van der Waals surface area (Å²) in [7, 11) is 1.63. The minimum absolute atomic E-state index is 0.00638. The number of benzene rings is 3. The third kappa shape index (κ3) is 6.32. The van der Waals surface area contributed by atoms with Gasteiger partial charge in [-0.2, -0.15) is 5.10 Å². The highest BCUT2D eigenvalue weighted by Crippen LogP contribution is 2.50. The summed E-state index contributed by atoms with van der Waals surface area (Å²) in [4.78, 5) is 22.6. The molecule has 1 aromatic heterocycles. The SMILES string of the molecule is COc1ccccc1C1CNCCN1C1(c2ccccc2)C(C2COC(Cn3cncn3)(c3ccc(F)cc3F)O2)NC(=O)N1CC(O)C(C)(C)C. The Balaban J connectivity index is 1.42. The van der Waals surface area contributed by atoms with Gasteiger partial charge in [-0.1, -0.05) is 69.3 Å². The number of piperazine rings is 1. The number of β-amino-alcohol motifs (C(OH)–C–C–N with tert-alkyl or cyclic N) is 1. The van der Waals surface area contributed by atoms with Gasteiger partial charge in [0.15, 0.2) is 0 Å². The zero-order valence-corrected chi connectivity index (χ0v) is 29.7. The van der Waals surface area contributed by atoms with Crippen molar-refractivity contribution in [2.45, 2.75) is 63.1 Å². The second kappa shape index (κ2) is 14.2. The summed E-state index contributed by atoms with van der Waals surface area (Å²) in [6.07, 6.45) is 1.03. The van der Waals surface area contributed by atoms with E-state index in [0.29, 0.717) is 25.4 Å². The second-order valence-corrected chi connectivity index (χ2v) is 14.6. The Hall–Kier alpha value is -4.47. The van der Waals surface area contributed by atoms with Gasteiger partial charge in [-0.05, 0) is 29.2 Å². The number of para-hydroxylation sites is 1. The van der Waals surface area contributed by atoms with Crippen LogP contribution in [0.15, 0.2) is 85.5 Å². The Kier molecular flexibility index (Phi) is 9.78. The van der Waals surface area contributed by atoms with Gasteiger partial charge in [0, 0.05) is 36.8 Å². The van der Waals surface area contributed by atoms with Gasteiger partial charge < -0.3 is 30.0 Å². The van der Waals surface area contributed by atoms with Crippen LogP contribution in [0.5, 0.6) is 5.75 Å². The number of hydrogen-bond donors (Lipinski definition) is 3. The lowest BCUT2D eigenvalue weighted by molar-refractivity contribution is -0.200. The number of carbonyl (C=O) groups excluding carboxylic acids is 1. The summed E-state index contributed by atoms with van der Waals surface area (Å²) >= 11 is 0. The van der Waals surface area contributed by atoms with E-state index in [-0.39, 0.29) is 31.3 Å². The average molecular weight is 718 g/mol. The van der Waals surface area contributed by atoms with Crippen LogP contribution in [0, 0.1) is 17.0 Å². The molecule has 52 heavy (non-hydrogen) atoms. The lowest BCUT2D eigenvalue weighted by atomic mass is 9.82. The number of nitrogens with one attached hydrogen (secondary N) is 2. The Labute approximate surface area is 301 Å². The van der Waals surface area contributed by atoms with Gasteiger partial charge >= 0.3 is 6.03 Å². The van der Waals surface area contributed by atoms with Crippen LogP contribution in [0.1, 0.15) is 43.5 Å². The molecule has 0 saturated carbocycles. The fourth-order valence-electron chi connectivity index (χ4n) is 7.83. The van der Waals surface area contributed by atoms with E-state index in [1.165, 1.54) is 23.4 Å². The van der Waals surface area contributed by atoms with Crippen molar-refractivity contribution in [3.63, 3.8) is 0 Å². The van der Waals surface area contributed by atoms with E-state index < -0.39 is 52.8 Å². The van der Waals surface area contributed by atoms with Crippen LogP contribution in [0.3, 0.4) is 0 Å². The van der Waals surface area contributed by atoms with E-state index in [4.69, 9.17) is 14.2 Å². The molecule has 7 rings (SSSR count). The number of hydrogen-bond acceptors (Lipinski definition) is 9. The standard InChI is InChI=1S/C38H45F2N7O5/c1-36(2,3)33(48)20-47-35(49)44-34(32-21-51-37(52-32,22-45-24-42-23-43-45)28-15-14-26(39)18-29(28)40)38(47,25-10-6-5-7-11-25)46-17-16-41-19-30(46)27-12-8-9-13-31(27)50-4/h5-15,18,23-24,30,32-34,41,48H,16-17,19-22H2,1-4H3,(H,44,49). The molecule has 0 aliphatic carbocycles. The van der Waals surface area contributed by atoms with Crippen molar-refractivity contribution < 1.29 is 32.9 Å². The average Bonchev–Trinajstić information content (AvgIpc) is 3.87. The molecule has 2 amide bonds. The first kappa shape index (κ1) is 35.9. The van der Waals surface area contributed by atoms with Crippen molar-refractivity contribution in [2.24, 2.45) is 5.41 Å². The normalized spacial score (nSPS) is 27.5. The van der Waals surface area contributed by atoms with Crippen molar-refractivity contribution in [2.75, 3.05) is 39.9 Å². The summed E-state index contributed by atoms with van der Waals surface area (Å²) in [5, 5.41) is 22.7. The zero-order chi connectivity index (χ0) is 36.7. The molecular weight excluding hydrogens is 672 g/mol. The molecule has 3 aromatic carbocycles. The molecule has 4 aromatic rings. The molecule has 4 heterocycles. The number of nitrogens with zero attached hydrogens (tertiary/aromatic N) is 5. The maximum atomic E-state index is 15.7. The fourth-order valence-corrected chi connectivity index (χ4v) is 7.83. The van der Waals surface area contributed by atoms with Crippen LogP contribution < -0.4 is 15.4 Å². The first-order valence-corrected chi connectivity index (χ1v) is 17.5. The topological polar surface area (TPSA) is 126 Å². The third-order valence-electron chi connectivity index (χ3n) is 10.5. The third-order valence-corrected chi connectivity index (χ3v) is 10.5. The largest absolute Gasteiger partial charge is 0.496 e. The maximum absolute atomic E-state index is 15.7. The lowest BCUT2D eigenvalue weighted by Crippen LogP contribution is -2.68. The number of aliphatic hydroxyl groups excluding tert-OH is 1. The van der Waals surface area contributed by atoms with Crippen LogP contribution in [0.25, 0.3) is 0 Å². The molecule has 3 saturated heterocycles. The molecule has 0 spiro atoms. The van der Waals surface area contributed by atoms with Crippen LogP contribution in [-0.4, -0.2) is 93.8 Å². The molecular formula is C38H45F2N7O5. The van der Waals surface area contributed by atoms with Crippen LogP contribution >= 0.6 is 0 Å². The number of urea groups is 1. The van der Waals surface area contributed by atoms with Crippen molar-refractivity contribution in [3.8, 4) is 5.75 Å². The highest BCUT2D eigenvalue weighted by Gasteiger charge is 2.64. The molecule has 276 valence electrons. The summed E-state index contributed by atoms with van der Waals surface area (Å²) in [5.74, 6) is -2.66. The van der Waals surface area contributed by atoms with E-state index in [0.717, 1.165) is 23.3 Å². The molecule has 3 aliphatic rings. The summed E-state index contributed by atoms with van der Waals surface area (Å²) in [6, 6.07) is 19.2. The van der Waals surface area contributed by atoms with Gasteiger partial charge in [0.25, 0.3) is 0 Å². The van der Waals surface area contributed by atoms with Gasteiger partial charge in [0.2, 0.25) is 5.79 Å². The number of rotatable bonds is 10. The van der Waals surface area contributed by atoms with E-state index in [1.54, 1.807) is 12.0 Å². The van der Waals surface area contributed by atoms with Crippen molar-refractivity contribution in [1.29, 1.82) is 0 Å². The number of aromatic nitrogens is 3. The molecule has 6 atom stereocenters. The summed E-state index contributed by atoms with van der Waals surface area (Å²) in [5.41, 5.74) is -0.162. The monoisotopic (exact) mass is 717 g/mol. The highest BCUT2D eigenvalue weighted by molar-refractivity contribution is 5.79. The van der Waals surface area contributed by atoms with Crippen LogP contribution in [-0.2, 0) is 27.5 Å². The van der Waals surface area contributed by atoms with Crippen LogP contribution in [0.2, 0.25) is 0 Å². The Morgan fingerprint density at radius 3 is 2.58 bits per heavy atom. The number of carbonyl (C=O) groups is 1. The number of amides is 2. The first-order valence-electron chi connectivity index (χ1n) is 17.5. The van der Waals surface area contributed by atoms with Gasteiger partial charge in [-0.15, -0.1) is 0 Å². The van der Waals surface area contributed by atoms with E-state index in [9.17, 15) is 14.3 Å². The first-order chi connectivity index (χ1) is 25.0. The van der Waals surface area contributed by atoms with Gasteiger partial charge in [-0.25, -0.2) is 23.2 Å². The molecule has 14 heteroatoms. The van der Waals surface area contributed by atoms with Crippen molar-refractivity contribution in [1.82, 2.24) is 35.2 Å². The molecule has 6 unspecified atom stereocenters. The predicted octanol–water partition coefficient (Wildman–Crippen LogP) is 4.13. The molecule has 0 bridgehead atoms. The zero-order valence-electron chi connectivity index (χ0n) is 29.7. The van der Waals surface area contributed by atoms with Crippen molar-refractivity contribution >= 4 is 6.03 Å². The summed E-state index contributed by atoms with van der Waals surface area (Å²) in [6.45, 7) is 7.25. The minimum atomic E-state index is -1.76. The fraction of sp³-hybridized carbons (Fsp3) is 0.447. The number of methoxy groups -OCH3 is 1. The molecule has 3 N–H and O–H groups in total. The second-order valence-electron chi connectivity index (χ2n) is 14.6. The molecule has 3 fully saturated rings. The van der Waals surface area contributed by atoms with Crippen molar-refractivity contribution in [3.05, 3.63) is 114 Å². The molecule has 12 nitrogen and oxygen atoms in total. The maximum Gasteiger partial charge on any atom is 0.319 e. The number of aliphatic hydroxyl groups is 1. The van der Waals surface area contributed by atoms with Crippen LogP contribution in [0.4, 0.5) is 13.6 Å².